The van der Waals surface area contributed by atoms with Crippen molar-refractivity contribution in [1.29, 1.82) is 0 Å². The molecule has 0 saturated carbocycles. The van der Waals surface area contributed by atoms with Crippen LogP contribution in [0.25, 0.3) is 6.08 Å². The quantitative estimate of drug-likeness (QED) is 0.634. The fourth-order valence-electron chi connectivity index (χ4n) is 2.02. The summed E-state index contributed by atoms with van der Waals surface area (Å²) in [5.41, 5.74) is 0. The summed E-state index contributed by atoms with van der Waals surface area (Å²) in [7, 11) is 0. The number of allylic oxidation sites excluding steroid dienone is 2. The van der Waals surface area contributed by atoms with Crippen molar-refractivity contribution in [1.82, 2.24) is 4.90 Å². The summed E-state index contributed by atoms with van der Waals surface area (Å²) in [5, 5.41) is 9.28. The van der Waals surface area contributed by atoms with Crippen molar-refractivity contribution in [2.75, 3.05) is 0 Å². The third kappa shape index (κ3) is 3.66. The maximum Gasteiger partial charge on any atom is 0.326 e. The molecule has 1 atom stereocenters. The second-order valence-corrected chi connectivity index (χ2v) is 6.27. The predicted octanol–water partition coefficient (Wildman–Crippen LogP) is 3.29. The first kappa shape index (κ1) is 16.5. The van der Waals surface area contributed by atoms with Crippen LogP contribution in [0.3, 0.4) is 0 Å². The lowest BCUT2D eigenvalue weighted by atomic mass is 10.1. The van der Waals surface area contributed by atoms with Crippen LogP contribution in [0.15, 0.2) is 39.9 Å². The molecule has 0 aromatic carbocycles. The normalized spacial score (nSPS) is 18.6. The molecule has 1 aromatic rings. The molecule has 5 nitrogen and oxygen atoms in total. The highest BCUT2D eigenvalue weighted by Gasteiger charge is 2.39. The van der Waals surface area contributed by atoms with Gasteiger partial charge < -0.3 is 9.52 Å². The molecule has 116 valence electrons. The summed E-state index contributed by atoms with van der Waals surface area (Å²) in [6, 6.07) is 2.65. The van der Waals surface area contributed by atoms with E-state index in [1.54, 1.807) is 36.6 Å². The molecule has 0 spiro atoms. The van der Waals surface area contributed by atoms with Crippen LogP contribution in [0.4, 0.5) is 0 Å². The zero-order valence-electron chi connectivity index (χ0n) is 11.9. The van der Waals surface area contributed by atoms with Crippen molar-refractivity contribution in [3.63, 3.8) is 0 Å². The first-order valence-corrected chi connectivity index (χ1v) is 7.97. The number of hydrogen-bond acceptors (Lipinski definition) is 5. The van der Waals surface area contributed by atoms with Crippen molar-refractivity contribution in [2.45, 2.75) is 25.8 Å². The molecule has 1 saturated heterocycles. The van der Waals surface area contributed by atoms with Crippen molar-refractivity contribution in [3.8, 4) is 0 Å². The summed E-state index contributed by atoms with van der Waals surface area (Å²) in [5.74, 6) is -0.730. The van der Waals surface area contributed by atoms with E-state index in [-0.39, 0.29) is 10.2 Å². The van der Waals surface area contributed by atoms with Gasteiger partial charge in [-0.15, -0.1) is 0 Å². The van der Waals surface area contributed by atoms with Gasteiger partial charge in [-0.05, 0) is 30.7 Å². The van der Waals surface area contributed by atoms with Crippen molar-refractivity contribution >= 4 is 46.3 Å². The molecule has 2 rings (SSSR count). The molecular weight excluding hydrogens is 322 g/mol. The Bertz CT molecular complexity index is 634. The van der Waals surface area contributed by atoms with Gasteiger partial charge in [-0.2, -0.15) is 0 Å². The number of rotatable bonds is 6. The van der Waals surface area contributed by atoms with Gasteiger partial charge in [0.2, 0.25) is 0 Å². The van der Waals surface area contributed by atoms with Gasteiger partial charge >= 0.3 is 5.97 Å². The number of thiocarbonyl (C=S) groups is 1. The van der Waals surface area contributed by atoms with Crippen LogP contribution in [0.5, 0.6) is 0 Å². The first-order valence-electron chi connectivity index (χ1n) is 6.74. The van der Waals surface area contributed by atoms with E-state index in [1.165, 1.54) is 4.90 Å². The molecule has 0 bridgehead atoms. The molecule has 0 aliphatic carbocycles. The van der Waals surface area contributed by atoms with Crippen LogP contribution in [0.2, 0.25) is 0 Å². The van der Waals surface area contributed by atoms with Gasteiger partial charge in [0.1, 0.15) is 16.1 Å². The highest BCUT2D eigenvalue weighted by molar-refractivity contribution is 8.26. The standard InChI is InChI=1S/C15H15NO4S2/c1-2-5-11(14(18)19)16-13(17)12(22-15(16)21)8-3-6-10-7-4-9-20-10/h3-4,6-9,11H,2,5H2,1H3,(H,18,19)/b6-3+,12-8-/t11-/m1/s1. The third-order valence-electron chi connectivity index (χ3n) is 3.03. The van der Waals surface area contributed by atoms with E-state index in [2.05, 4.69) is 0 Å². The molecule has 1 N–H and O–H groups in total. The maximum atomic E-state index is 12.4. The number of carboxylic acid groups (broad SMARTS) is 1. The van der Waals surface area contributed by atoms with Crippen LogP contribution in [-0.4, -0.2) is 32.2 Å². The van der Waals surface area contributed by atoms with E-state index < -0.39 is 12.0 Å². The fourth-order valence-corrected chi connectivity index (χ4v) is 3.32. The molecule has 1 aliphatic rings. The minimum atomic E-state index is -1.04. The Morgan fingerprint density at radius 2 is 2.36 bits per heavy atom. The molecule has 0 radical (unpaired) electrons. The van der Waals surface area contributed by atoms with Crippen LogP contribution < -0.4 is 0 Å². The van der Waals surface area contributed by atoms with E-state index in [4.69, 9.17) is 16.6 Å². The third-order valence-corrected chi connectivity index (χ3v) is 4.38. The second-order valence-electron chi connectivity index (χ2n) is 4.59. The molecule has 7 heteroatoms. The van der Waals surface area contributed by atoms with Crippen molar-refractivity contribution in [2.24, 2.45) is 0 Å². The SMILES string of the molecule is CCC[C@H](C(=O)O)N1C(=O)/C(=C/C=C/c2ccco2)SC1=S. The average molecular weight is 337 g/mol. The first-order chi connectivity index (χ1) is 10.5. The Morgan fingerprint density at radius 1 is 1.59 bits per heavy atom. The number of hydrogen-bond donors (Lipinski definition) is 1. The zero-order chi connectivity index (χ0) is 16.1. The number of carbonyl (C=O) groups excluding carboxylic acids is 1. The van der Waals surface area contributed by atoms with E-state index in [0.29, 0.717) is 23.5 Å². The van der Waals surface area contributed by atoms with Crippen LogP contribution in [0.1, 0.15) is 25.5 Å². The van der Waals surface area contributed by atoms with Gasteiger partial charge in [0.15, 0.2) is 0 Å². The summed E-state index contributed by atoms with van der Waals surface area (Å²) in [6.07, 6.45) is 7.60. The van der Waals surface area contributed by atoms with E-state index >= 15 is 0 Å². The highest BCUT2D eigenvalue weighted by Crippen LogP contribution is 2.33. The number of nitrogens with zero attached hydrogens (tertiary/aromatic N) is 1. The van der Waals surface area contributed by atoms with Gasteiger partial charge in [-0.25, -0.2) is 4.79 Å². The molecular formula is C15H15NO4S2. The lowest BCUT2D eigenvalue weighted by Gasteiger charge is -2.22. The molecule has 22 heavy (non-hydrogen) atoms. The minimum absolute atomic E-state index is 0.281. The summed E-state index contributed by atoms with van der Waals surface area (Å²) in [4.78, 5) is 25.3. The number of carboxylic acids is 1. The molecule has 1 amide bonds. The van der Waals surface area contributed by atoms with Gasteiger partial charge in [-0.3, -0.25) is 9.69 Å². The lowest BCUT2D eigenvalue weighted by molar-refractivity contribution is -0.145. The number of furan rings is 1. The zero-order valence-corrected chi connectivity index (χ0v) is 13.5. The Labute approximate surface area is 137 Å². The van der Waals surface area contributed by atoms with Gasteiger partial charge in [-0.1, -0.05) is 43.4 Å². The average Bonchev–Trinajstić information content (AvgIpc) is 3.06. The van der Waals surface area contributed by atoms with Gasteiger partial charge in [0.25, 0.3) is 5.91 Å². The molecule has 2 heterocycles. The second kappa shape index (κ2) is 7.42. The van der Waals surface area contributed by atoms with E-state index in [9.17, 15) is 14.7 Å². The fraction of sp³-hybridized carbons (Fsp3) is 0.267. The topological polar surface area (TPSA) is 70.8 Å². The summed E-state index contributed by atoms with van der Waals surface area (Å²) >= 11 is 6.27. The van der Waals surface area contributed by atoms with Crippen molar-refractivity contribution in [3.05, 3.63) is 41.2 Å². The summed E-state index contributed by atoms with van der Waals surface area (Å²) in [6.45, 7) is 1.87. The minimum Gasteiger partial charge on any atom is -0.480 e. The van der Waals surface area contributed by atoms with E-state index in [0.717, 1.165) is 11.8 Å². The van der Waals surface area contributed by atoms with Gasteiger partial charge in [0.05, 0.1) is 11.2 Å². The summed E-state index contributed by atoms with van der Waals surface area (Å²) < 4.78 is 5.43. The smallest absolute Gasteiger partial charge is 0.326 e. The Balaban J connectivity index is 2.15. The number of carbonyl (C=O) groups is 2. The Kier molecular flexibility index (Phi) is 5.57. The molecule has 0 unspecified atom stereocenters. The Morgan fingerprint density at radius 3 is 2.95 bits per heavy atom. The molecule has 1 aromatic heterocycles. The lowest BCUT2D eigenvalue weighted by Crippen LogP contribution is -2.43. The monoisotopic (exact) mass is 337 g/mol. The van der Waals surface area contributed by atoms with Crippen LogP contribution in [-0.2, 0) is 9.59 Å². The number of thioether (sulfide) groups is 1. The van der Waals surface area contributed by atoms with Crippen LogP contribution >= 0.6 is 24.0 Å². The number of amides is 1. The van der Waals surface area contributed by atoms with Gasteiger partial charge in [0, 0.05) is 0 Å². The largest absolute Gasteiger partial charge is 0.480 e. The Hall–Kier alpha value is -1.86. The van der Waals surface area contributed by atoms with Crippen LogP contribution in [0, 0.1) is 0 Å². The van der Waals surface area contributed by atoms with Crippen molar-refractivity contribution < 1.29 is 19.1 Å². The molecule has 1 aliphatic heterocycles. The molecule has 1 fully saturated rings. The maximum absolute atomic E-state index is 12.4. The number of aliphatic carboxylic acids is 1. The highest BCUT2D eigenvalue weighted by atomic mass is 32.2. The predicted molar refractivity (Wildman–Crippen MR) is 89.2 cm³/mol. The van der Waals surface area contributed by atoms with E-state index in [1.807, 2.05) is 6.92 Å².